The van der Waals surface area contributed by atoms with Crippen molar-refractivity contribution in [2.45, 2.75) is 39.2 Å². The van der Waals surface area contributed by atoms with Gasteiger partial charge in [0.2, 0.25) is 0 Å². The predicted octanol–water partition coefficient (Wildman–Crippen LogP) is 2.79. The number of nitrogens with one attached hydrogen (secondary N) is 1. The summed E-state index contributed by atoms with van der Waals surface area (Å²) in [6.07, 6.45) is 2.39. The first-order valence-corrected chi connectivity index (χ1v) is 8.03. The zero-order valence-electron chi connectivity index (χ0n) is 13.9. The number of ether oxygens (including phenoxy) is 1. The van der Waals surface area contributed by atoms with Crippen LogP contribution in [0.4, 0.5) is 5.82 Å². The van der Waals surface area contributed by atoms with Gasteiger partial charge in [-0.1, -0.05) is 13.8 Å². The van der Waals surface area contributed by atoms with Crippen LogP contribution in [0.5, 0.6) is 0 Å². The zero-order chi connectivity index (χ0) is 15.2. The fraction of sp³-hybridized carbons (Fsp3) is 0.706. The van der Waals surface area contributed by atoms with Crippen LogP contribution in [-0.4, -0.2) is 38.8 Å². The predicted molar refractivity (Wildman–Crippen MR) is 87.9 cm³/mol. The lowest BCUT2D eigenvalue weighted by atomic mass is 9.97. The molecular weight excluding hydrogens is 262 g/mol. The maximum absolute atomic E-state index is 5.28. The molecule has 0 radical (unpaired) electrons. The number of aromatic nitrogens is 1. The van der Waals surface area contributed by atoms with Crippen molar-refractivity contribution in [2.24, 2.45) is 5.92 Å². The molecule has 2 rings (SSSR count). The van der Waals surface area contributed by atoms with Gasteiger partial charge in [-0.2, -0.15) is 0 Å². The standard InChI is InChI=1S/C17H29N3O/c1-13(2)16-9-15(11-18-3)10-17(19-16)20-7-5-14(6-8-20)12-21-4/h9-10,13-14,18H,5-8,11-12H2,1-4H3. The monoisotopic (exact) mass is 291 g/mol. The molecule has 2 heterocycles. The average Bonchev–Trinajstić information content (AvgIpc) is 2.48. The summed E-state index contributed by atoms with van der Waals surface area (Å²) in [4.78, 5) is 7.30. The molecule has 0 spiro atoms. The van der Waals surface area contributed by atoms with Gasteiger partial charge in [0, 0.05) is 39.0 Å². The second-order valence-corrected chi connectivity index (χ2v) is 6.33. The maximum atomic E-state index is 5.28. The Hall–Kier alpha value is -1.13. The lowest BCUT2D eigenvalue weighted by Crippen LogP contribution is -2.35. The molecule has 0 saturated carbocycles. The molecular formula is C17H29N3O. The van der Waals surface area contributed by atoms with E-state index < -0.39 is 0 Å². The van der Waals surface area contributed by atoms with E-state index in [1.54, 1.807) is 7.11 Å². The van der Waals surface area contributed by atoms with Crippen molar-refractivity contribution in [2.75, 3.05) is 38.8 Å². The smallest absolute Gasteiger partial charge is 0.129 e. The van der Waals surface area contributed by atoms with Gasteiger partial charge in [0.1, 0.15) is 5.82 Å². The number of nitrogens with zero attached hydrogens (tertiary/aromatic N) is 2. The van der Waals surface area contributed by atoms with Crippen LogP contribution in [0.25, 0.3) is 0 Å². The molecule has 1 saturated heterocycles. The van der Waals surface area contributed by atoms with Crippen LogP contribution in [0.3, 0.4) is 0 Å². The molecule has 1 aliphatic heterocycles. The third kappa shape index (κ3) is 4.42. The van der Waals surface area contributed by atoms with E-state index in [1.807, 2.05) is 7.05 Å². The molecule has 1 N–H and O–H groups in total. The van der Waals surface area contributed by atoms with Crippen LogP contribution in [0.15, 0.2) is 12.1 Å². The number of hydrogen-bond acceptors (Lipinski definition) is 4. The van der Waals surface area contributed by atoms with Crippen molar-refractivity contribution in [3.63, 3.8) is 0 Å². The lowest BCUT2D eigenvalue weighted by molar-refractivity contribution is 0.139. The number of methoxy groups -OCH3 is 1. The summed E-state index contributed by atoms with van der Waals surface area (Å²) in [5.41, 5.74) is 2.52. The van der Waals surface area contributed by atoms with Crippen LogP contribution in [0, 0.1) is 5.92 Å². The van der Waals surface area contributed by atoms with Gasteiger partial charge in [-0.05, 0) is 49.4 Å². The molecule has 1 aliphatic rings. The van der Waals surface area contributed by atoms with Crippen molar-refractivity contribution in [3.05, 3.63) is 23.4 Å². The molecule has 118 valence electrons. The molecule has 0 aliphatic carbocycles. The van der Waals surface area contributed by atoms with Crippen LogP contribution < -0.4 is 10.2 Å². The number of pyridine rings is 1. The van der Waals surface area contributed by atoms with Gasteiger partial charge in [-0.3, -0.25) is 0 Å². The Morgan fingerprint density at radius 2 is 2.05 bits per heavy atom. The Bertz CT molecular complexity index is 440. The Labute approximate surface area is 128 Å². The number of piperidine rings is 1. The third-order valence-electron chi connectivity index (χ3n) is 4.20. The number of rotatable bonds is 6. The van der Waals surface area contributed by atoms with E-state index in [0.717, 1.165) is 32.1 Å². The van der Waals surface area contributed by atoms with Gasteiger partial charge >= 0.3 is 0 Å². The molecule has 21 heavy (non-hydrogen) atoms. The van der Waals surface area contributed by atoms with Gasteiger partial charge in [-0.25, -0.2) is 4.98 Å². The Morgan fingerprint density at radius 1 is 1.33 bits per heavy atom. The van der Waals surface area contributed by atoms with Crippen LogP contribution in [0.1, 0.15) is 43.9 Å². The van der Waals surface area contributed by atoms with E-state index in [2.05, 4.69) is 36.2 Å². The molecule has 4 heteroatoms. The highest BCUT2D eigenvalue weighted by atomic mass is 16.5. The van der Waals surface area contributed by atoms with Crippen molar-refractivity contribution < 1.29 is 4.74 Å². The Balaban J connectivity index is 2.11. The molecule has 0 aromatic carbocycles. The molecule has 1 aromatic rings. The quantitative estimate of drug-likeness (QED) is 0.874. The number of hydrogen-bond donors (Lipinski definition) is 1. The summed E-state index contributed by atoms with van der Waals surface area (Å²) in [6.45, 7) is 8.37. The summed E-state index contributed by atoms with van der Waals surface area (Å²) in [5.74, 6) is 2.31. The van der Waals surface area contributed by atoms with E-state index in [-0.39, 0.29) is 0 Å². The van der Waals surface area contributed by atoms with Crippen molar-refractivity contribution in [1.82, 2.24) is 10.3 Å². The highest BCUT2D eigenvalue weighted by molar-refractivity contribution is 5.43. The highest BCUT2D eigenvalue weighted by Gasteiger charge is 2.21. The summed E-state index contributed by atoms with van der Waals surface area (Å²) in [7, 11) is 3.79. The highest BCUT2D eigenvalue weighted by Crippen LogP contribution is 2.25. The van der Waals surface area contributed by atoms with Gasteiger partial charge in [0.15, 0.2) is 0 Å². The molecule has 0 atom stereocenters. The van der Waals surface area contributed by atoms with E-state index in [4.69, 9.17) is 9.72 Å². The summed E-state index contributed by atoms with van der Waals surface area (Å²) < 4.78 is 5.28. The molecule has 1 fully saturated rings. The third-order valence-corrected chi connectivity index (χ3v) is 4.20. The first-order chi connectivity index (χ1) is 10.1. The van der Waals surface area contributed by atoms with Gasteiger partial charge in [0.25, 0.3) is 0 Å². The minimum atomic E-state index is 0.464. The first kappa shape index (κ1) is 16.2. The minimum Gasteiger partial charge on any atom is -0.384 e. The average molecular weight is 291 g/mol. The van der Waals surface area contributed by atoms with E-state index >= 15 is 0 Å². The maximum Gasteiger partial charge on any atom is 0.129 e. The van der Waals surface area contributed by atoms with Gasteiger partial charge < -0.3 is 15.0 Å². The minimum absolute atomic E-state index is 0.464. The molecule has 0 bridgehead atoms. The molecule has 0 amide bonds. The van der Waals surface area contributed by atoms with E-state index in [0.29, 0.717) is 11.8 Å². The SMILES string of the molecule is CNCc1cc(C(C)C)nc(N2CCC(COC)CC2)c1. The van der Waals surface area contributed by atoms with Crippen LogP contribution >= 0.6 is 0 Å². The molecule has 4 nitrogen and oxygen atoms in total. The van der Waals surface area contributed by atoms with Crippen molar-refractivity contribution >= 4 is 5.82 Å². The Kier molecular flexibility index (Phi) is 6.00. The summed E-state index contributed by atoms with van der Waals surface area (Å²) in [5, 5.41) is 3.24. The topological polar surface area (TPSA) is 37.4 Å². The summed E-state index contributed by atoms with van der Waals surface area (Å²) >= 11 is 0. The second-order valence-electron chi connectivity index (χ2n) is 6.33. The first-order valence-electron chi connectivity index (χ1n) is 8.03. The fourth-order valence-electron chi connectivity index (χ4n) is 2.92. The number of anilines is 1. The van der Waals surface area contributed by atoms with E-state index in [1.165, 1.54) is 24.1 Å². The molecule has 0 unspecified atom stereocenters. The van der Waals surface area contributed by atoms with Gasteiger partial charge in [-0.15, -0.1) is 0 Å². The largest absolute Gasteiger partial charge is 0.384 e. The van der Waals surface area contributed by atoms with Crippen molar-refractivity contribution in [1.29, 1.82) is 0 Å². The summed E-state index contributed by atoms with van der Waals surface area (Å²) in [6, 6.07) is 4.46. The fourth-order valence-corrected chi connectivity index (χ4v) is 2.92. The second kappa shape index (κ2) is 7.76. The van der Waals surface area contributed by atoms with E-state index in [9.17, 15) is 0 Å². The van der Waals surface area contributed by atoms with Crippen molar-refractivity contribution in [3.8, 4) is 0 Å². The van der Waals surface area contributed by atoms with Crippen LogP contribution in [0.2, 0.25) is 0 Å². The Morgan fingerprint density at radius 3 is 2.62 bits per heavy atom. The molecule has 1 aromatic heterocycles. The normalized spacial score (nSPS) is 16.7. The lowest BCUT2D eigenvalue weighted by Gasteiger charge is -2.33. The van der Waals surface area contributed by atoms with Crippen LogP contribution in [-0.2, 0) is 11.3 Å². The van der Waals surface area contributed by atoms with Gasteiger partial charge in [0.05, 0.1) is 0 Å². The zero-order valence-corrected chi connectivity index (χ0v) is 13.9.